The molecule has 5 heteroatoms. The Morgan fingerprint density at radius 1 is 1.27 bits per heavy atom. The summed E-state index contributed by atoms with van der Waals surface area (Å²) in [6, 6.07) is 9.58. The molecule has 0 spiro atoms. The van der Waals surface area contributed by atoms with Gasteiger partial charge in [-0.3, -0.25) is 14.2 Å². The van der Waals surface area contributed by atoms with E-state index < -0.39 is 0 Å². The number of amides is 1. The Balaban J connectivity index is 1.91. The van der Waals surface area contributed by atoms with E-state index in [1.807, 2.05) is 54.8 Å². The zero-order valence-corrected chi connectivity index (χ0v) is 12.7. The van der Waals surface area contributed by atoms with E-state index in [4.69, 9.17) is 0 Å². The fraction of sp³-hybridized carbons (Fsp3) is 0.235. The van der Waals surface area contributed by atoms with Crippen LogP contribution in [0.3, 0.4) is 0 Å². The molecule has 0 aliphatic rings. The Morgan fingerprint density at radius 2 is 2.14 bits per heavy atom. The van der Waals surface area contributed by atoms with Crippen molar-refractivity contribution < 1.29 is 4.79 Å². The molecular formula is C17H18N4O. The summed E-state index contributed by atoms with van der Waals surface area (Å²) in [5.41, 5.74) is 4.15. The number of fused-ring (bicyclic) bond motifs is 1. The van der Waals surface area contributed by atoms with Gasteiger partial charge >= 0.3 is 0 Å². The molecule has 22 heavy (non-hydrogen) atoms. The maximum atomic E-state index is 12.6. The summed E-state index contributed by atoms with van der Waals surface area (Å²) < 4.78 is 1.86. The molecule has 112 valence electrons. The highest BCUT2D eigenvalue weighted by atomic mass is 16.1. The topological polar surface area (TPSA) is 59.3 Å². The van der Waals surface area contributed by atoms with Gasteiger partial charge in [-0.25, -0.2) is 4.98 Å². The van der Waals surface area contributed by atoms with E-state index >= 15 is 0 Å². The van der Waals surface area contributed by atoms with Crippen molar-refractivity contribution in [2.75, 3.05) is 0 Å². The zero-order chi connectivity index (χ0) is 15.5. The molecular weight excluding hydrogens is 276 g/mol. The number of pyridine rings is 2. The van der Waals surface area contributed by atoms with Crippen molar-refractivity contribution in [3.8, 4) is 0 Å². The number of nitrogens with one attached hydrogen (secondary N) is 1. The van der Waals surface area contributed by atoms with Crippen molar-refractivity contribution in [2.45, 2.75) is 26.8 Å². The highest BCUT2D eigenvalue weighted by Gasteiger charge is 2.18. The predicted molar refractivity (Wildman–Crippen MR) is 84.7 cm³/mol. The number of aromatic nitrogens is 3. The van der Waals surface area contributed by atoms with Crippen molar-refractivity contribution in [1.29, 1.82) is 0 Å². The van der Waals surface area contributed by atoms with Gasteiger partial charge in [0.1, 0.15) is 11.3 Å². The summed E-state index contributed by atoms with van der Waals surface area (Å²) in [6.45, 7) is 4.41. The molecule has 0 fully saturated rings. The van der Waals surface area contributed by atoms with Crippen LogP contribution >= 0.6 is 0 Å². The highest BCUT2D eigenvalue weighted by molar-refractivity contribution is 5.94. The van der Waals surface area contributed by atoms with E-state index in [1.54, 1.807) is 6.20 Å². The van der Waals surface area contributed by atoms with E-state index in [9.17, 15) is 4.79 Å². The summed E-state index contributed by atoms with van der Waals surface area (Å²) in [5, 5.41) is 2.93. The maximum Gasteiger partial charge on any atom is 0.270 e. The number of aryl methyl sites for hydroxylation is 2. The fourth-order valence-electron chi connectivity index (χ4n) is 2.50. The number of carbonyl (C=O) groups excluding carboxylic acids is 1. The van der Waals surface area contributed by atoms with Crippen LogP contribution in [-0.4, -0.2) is 20.3 Å². The lowest BCUT2D eigenvalue weighted by molar-refractivity contribution is 0.0943. The normalized spacial score (nSPS) is 10.8. The smallest absolute Gasteiger partial charge is 0.270 e. The van der Waals surface area contributed by atoms with E-state index in [2.05, 4.69) is 15.3 Å². The zero-order valence-electron chi connectivity index (χ0n) is 12.7. The van der Waals surface area contributed by atoms with Gasteiger partial charge in [0, 0.05) is 12.4 Å². The largest absolute Gasteiger partial charge is 0.345 e. The van der Waals surface area contributed by atoms with E-state index in [0.717, 1.165) is 22.6 Å². The SMILES string of the molecule is CCc1nc2c(C)cccn2c1C(=O)NCc1ccccn1. The van der Waals surface area contributed by atoms with Crippen molar-refractivity contribution >= 4 is 11.6 Å². The van der Waals surface area contributed by atoms with Crippen LogP contribution in [0.1, 0.15) is 34.4 Å². The predicted octanol–water partition coefficient (Wildman–Crippen LogP) is 2.53. The van der Waals surface area contributed by atoms with Gasteiger partial charge in [0.25, 0.3) is 5.91 Å². The highest BCUT2D eigenvalue weighted by Crippen LogP contribution is 2.16. The quantitative estimate of drug-likeness (QED) is 0.804. The third kappa shape index (κ3) is 2.57. The Kier molecular flexibility index (Phi) is 3.87. The third-order valence-electron chi connectivity index (χ3n) is 3.62. The van der Waals surface area contributed by atoms with Gasteiger partial charge in [0.2, 0.25) is 0 Å². The minimum Gasteiger partial charge on any atom is -0.345 e. The van der Waals surface area contributed by atoms with Crippen LogP contribution in [0.15, 0.2) is 42.7 Å². The van der Waals surface area contributed by atoms with Crippen LogP contribution in [0.25, 0.3) is 5.65 Å². The lowest BCUT2D eigenvalue weighted by atomic mass is 10.2. The van der Waals surface area contributed by atoms with Gasteiger partial charge in [-0.2, -0.15) is 0 Å². The van der Waals surface area contributed by atoms with E-state index in [0.29, 0.717) is 18.7 Å². The van der Waals surface area contributed by atoms with Crippen LogP contribution < -0.4 is 5.32 Å². The summed E-state index contributed by atoms with van der Waals surface area (Å²) in [7, 11) is 0. The minimum absolute atomic E-state index is 0.124. The average molecular weight is 294 g/mol. The van der Waals surface area contributed by atoms with Gasteiger partial charge in [-0.15, -0.1) is 0 Å². The monoisotopic (exact) mass is 294 g/mol. The maximum absolute atomic E-state index is 12.6. The van der Waals surface area contributed by atoms with Crippen LogP contribution in [0.4, 0.5) is 0 Å². The lowest BCUT2D eigenvalue weighted by Gasteiger charge is -2.06. The summed E-state index contributed by atoms with van der Waals surface area (Å²) in [4.78, 5) is 21.4. The first kappa shape index (κ1) is 14.3. The van der Waals surface area contributed by atoms with Gasteiger partial charge < -0.3 is 5.32 Å². The van der Waals surface area contributed by atoms with Crippen molar-refractivity contribution in [3.05, 3.63) is 65.4 Å². The van der Waals surface area contributed by atoms with Gasteiger partial charge in [-0.05, 0) is 37.1 Å². The first-order valence-corrected chi connectivity index (χ1v) is 7.35. The molecule has 3 rings (SSSR count). The molecule has 0 unspecified atom stereocenters. The standard InChI is InChI=1S/C17H18N4O/c1-3-14-15(21-10-6-7-12(2)16(21)20-14)17(22)19-11-13-8-4-5-9-18-13/h4-10H,3,11H2,1-2H3,(H,19,22). The Hall–Kier alpha value is -2.69. The van der Waals surface area contributed by atoms with E-state index in [1.165, 1.54) is 0 Å². The number of nitrogens with zero attached hydrogens (tertiary/aromatic N) is 3. The Bertz CT molecular complexity index is 808. The van der Waals surface area contributed by atoms with Crippen LogP contribution in [0.5, 0.6) is 0 Å². The lowest BCUT2D eigenvalue weighted by Crippen LogP contribution is -2.25. The number of hydrogen-bond donors (Lipinski definition) is 1. The molecule has 3 aromatic rings. The molecule has 1 amide bonds. The molecule has 0 saturated heterocycles. The van der Waals surface area contributed by atoms with Gasteiger partial charge in [0.15, 0.2) is 0 Å². The Labute approximate surface area is 129 Å². The summed E-state index contributed by atoms with van der Waals surface area (Å²) in [5.74, 6) is -0.124. The van der Waals surface area contributed by atoms with Crippen molar-refractivity contribution in [1.82, 2.24) is 19.7 Å². The molecule has 0 radical (unpaired) electrons. The second-order valence-corrected chi connectivity index (χ2v) is 5.15. The molecule has 3 heterocycles. The Morgan fingerprint density at radius 3 is 2.86 bits per heavy atom. The first-order valence-electron chi connectivity index (χ1n) is 7.35. The second kappa shape index (κ2) is 5.97. The molecule has 0 bridgehead atoms. The average Bonchev–Trinajstić information content (AvgIpc) is 2.94. The van der Waals surface area contributed by atoms with Crippen molar-refractivity contribution in [3.63, 3.8) is 0 Å². The molecule has 0 aliphatic heterocycles. The van der Waals surface area contributed by atoms with Crippen molar-refractivity contribution in [2.24, 2.45) is 0 Å². The molecule has 0 aromatic carbocycles. The molecule has 0 atom stereocenters. The minimum atomic E-state index is -0.124. The third-order valence-corrected chi connectivity index (χ3v) is 3.62. The van der Waals surface area contributed by atoms with Crippen LogP contribution in [0.2, 0.25) is 0 Å². The molecule has 0 saturated carbocycles. The molecule has 3 aromatic heterocycles. The molecule has 5 nitrogen and oxygen atoms in total. The van der Waals surface area contributed by atoms with Gasteiger partial charge in [0.05, 0.1) is 17.9 Å². The number of imidazole rings is 1. The summed E-state index contributed by atoms with van der Waals surface area (Å²) >= 11 is 0. The number of carbonyl (C=O) groups is 1. The van der Waals surface area contributed by atoms with Crippen LogP contribution in [0, 0.1) is 6.92 Å². The van der Waals surface area contributed by atoms with Gasteiger partial charge in [-0.1, -0.05) is 19.1 Å². The number of rotatable bonds is 4. The summed E-state index contributed by atoms with van der Waals surface area (Å²) in [6.07, 6.45) is 4.31. The first-order chi connectivity index (χ1) is 10.7. The fourth-order valence-corrected chi connectivity index (χ4v) is 2.50. The molecule has 0 aliphatic carbocycles. The second-order valence-electron chi connectivity index (χ2n) is 5.15. The number of hydrogen-bond acceptors (Lipinski definition) is 3. The van der Waals surface area contributed by atoms with Crippen LogP contribution in [-0.2, 0) is 13.0 Å². The van der Waals surface area contributed by atoms with E-state index in [-0.39, 0.29) is 5.91 Å². The molecule has 1 N–H and O–H groups in total.